The maximum absolute atomic E-state index is 13.1. The molecule has 0 saturated heterocycles. The first-order valence-corrected chi connectivity index (χ1v) is 9.61. The summed E-state index contributed by atoms with van der Waals surface area (Å²) in [6, 6.07) is 8.88. The summed E-state index contributed by atoms with van der Waals surface area (Å²) >= 11 is 0. The standard InChI is InChI=1S/C18H22N2O3S/c1-14-6-4-8-16(17(14)15-7-5-11-19-12-15)24(22,23)20-18(13-21)9-2-3-10-18/h4-8,11-12,20-21H,2-3,9-10,13H2,1H3. The second kappa shape index (κ2) is 6.63. The first kappa shape index (κ1) is 17.1. The van der Waals surface area contributed by atoms with Crippen molar-refractivity contribution in [2.24, 2.45) is 0 Å². The molecule has 0 unspecified atom stereocenters. The SMILES string of the molecule is Cc1cccc(S(=O)(=O)NC2(CO)CCCC2)c1-c1cccnc1. The van der Waals surface area contributed by atoms with Crippen LogP contribution in [0.3, 0.4) is 0 Å². The van der Waals surface area contributed by atoms with Gasteiger partial charge in [-0.05, 0) is 37.5 Å². The molecule has 0 radical (unpaired) electrons. The molecular weight excluding hydrogens is 324 g/mol. The lowest BCUT2D eigenvalue weighted by molar-refractivity contribution is 0.185. The second-order valence-electron chi connectivity index (χ2n) is 6.44. The summed E-state index contributed by atoms with van der Waals surface area (Å²) in [5.74, 6) is 0. The van der Waals surface area contributed by atoms with E-state index in [1.165, 1.54) is 0 Å². The third-order valence-corrected chi connectivity index (χ3v) is 6.31. The van der Waals surface area contributed by atoms with E-state index in [0.717, 1.165) is 24.0 Å². The molecule has 0 aliphatic heterocycles. The molecule has 0 spiro atoms. The first-order chi connectivity index (χ1) is 11.5. The fourth-order valence-electron chi connectivity index (χ4n) is 3.43. The summed E-state index contributed by atoms with van der Waals surface area (Å²) in [5, 5.41) is 9.73. The normalized spacial score (nSPS) is 17.1. The van der Waals surface area contributed by atoms with Gasteiger partial charge >= 0.3 is 0 Å². The van der Waals surface area contributed by atoms with E-state index in [2.05, 4.69) is 9.71 Å². The fraction of sp³-hybridized carbons (Fsp3) is 0.389. The van der Waals surface area contributed by atoms with E-state index in [4.69, 9.17) is 0 Å². The number of sulfonamides is 1. The van der Waals surface area contributed by atoms with Gasteiger partial charge in [-0.2, -0.15) is 0 Å². The Kier molecular flexibility index (Phi) is 4.71. The van der Waals surface area contributed by atoms with E-state index in [9.17, 15) is 13.5 Å². The molecule has 0 atom stereocenters. The van der Waals surface area contributed by atoms with Crippen LogP contribution < -0.4 is 4.72 Å². The van der Waals surface area contributed by atoms with Crippen molar-refractivity contribution in [2.75, 3.05) is 6.61 Å². The number of aromatic nitrogens is 1. The Balaban J connectivity index is 2.07. The average Bonchev–Trinajstić information content (AvgIpc) is 3.04. The number of aliphatic hydroxyl groups excluding tert-OH is 1. The summed E-state index contributed by atoms with van der Waals surface area (Å²) in [7, 11) is -3.75. The molecule has 2 N–H and O–H groups in total. The maximum Gasteiger partial charge on any atom is 0.241 e. The highest BCUT2D eigenvalue weighted by molar-refractivity contribution is 7.89. The highest BCUT2D eigenvalue weighted by atomic mass is 32.2. The lowest BCUT2D eigenvalue weighted by Crippen LogP contribution is -2.49. The molecule has 3 rings (SSSR count). The van der Waals surface area contributed by atoms with E-state index < -0.39 is 15.6 Å². The maximum atomic E-state index is 13.1. The number of benzene rings is 1. The smallest absolute Gasteiger partial charge is 0.241 e. The predicted octanol–water partition coefficient (Wildman–Crippen LogP) is 2.64. The van der Waals surface area contributed by atoms with Crippen LogP contribution in [-0.4, -0.2) is 30.7 Å². The van der Waals surface area contributed by atoms with Gasteiger partial charge in [0.05, 0.1) is 17.0 Å². The molecule has 0 amide bonds. The number of nitrogens with one attached hydrogen (secondary N) is 1. The summed E-state index contributed by atoms with van der Waals surface area (Å²) in [6.07, 6.45) is 6.50. The van der Waals surface area contributed by atoms with Gasteiger partial charge in [-0.15, -0.1) is 0 Å². The van der Waals surface area contributed by atoms with Crippen LogP contribution >= 0.6 is 0 Å². The molecule has 1 fully saturated rings. The zero-order chi connectivity index (χ0) is 17.2. The Morgan fingerprint density at radius 2 is 1.96 bits per heavy atom. The van der Waals surface area contributed by atoms with Gasteiger partial charge in [0.1, 0.15) is 0 Å². The van der Waals surface area contributed by atoms with Crippen LogP contribution in [0.4, 0.5) is 0 Å². The Hall–Kier alpha value is -1.76. The van der Waals surface area contributed by atoms with Gasteiger partial charge in [-0.25, -0.2) is 13.1 Å². The van der Waals surface area contributed by atoms with E-state index >= 15 is 0 Å². The van der Waals surface area contributed by atoms with Gasteiger partial charge in [-0.3, -0.25) is 4.98 Å². The minimum atomic E-state index is -3.75. The highest BCUT2D eigenvalue weighted by Gasteiger charge is 2.38. The predicted molar refractivity (Wildman–Crippen MR) is 93.0 cm³/mol. The number of rotatable bonds is 5. The van der Waals surface area contributed by atoms with Crippen molar-refractivity contribution in [2.45, 2.75) is 43.0 Å². The van der Waals surface area contributed by atoms with Crippen LogP contribution in [-0.2, 0) is 10.0 Å². The van der Waals surface area contributed by atoms with E-state index in [-0.39, 0.29) is 11.5 Å². The summed E-state index contributed by atoms with van der Waals surface area (Å²) < 4.78 is 28.9. The van der Waals surface area contributed by atoms with Gasteiger partial charge < -0.3 is 5.11 Å². The largest absolute Gasteiger partial charge is 0.394 e. The van der Waals surface area contributed by atoms with Crippen LogP contribution in [0.1, 0.15) is 31.2 Å². The number of nitrogens with zero attached hydrogens (tertiary/aromatic N) is 1. The molecule has 1 aliphatic rings. The molecule has 0 bridgehead atoms. The van der Waals surface area contributed by atoms with E-state index in [0.29, 0.717) is 18.4 Å². The highest BCUT2D eigenvalue weighted by Crippen LogP contribution is 2.34. The lowest BCUT2D eigenvalue weighted by atomic mass is 10.0. The van der Waals surface area contributed by atoms with Crippen LogP contribution in [0, 0.1) is 6.92 Å². The minimum Gasteiger partial charge on any atom is -0.394 e. The molecule has 6 heteroatoms. The van der Waals surface area contributed by atoms with E-state index in [1.807, 2.05) is 19.1 Å². The van der Waals surface area contributed by atoms with Crippen LogP contribution in [0.5, 0.6) is 0 Å². The Labute approximate surface area is 142 Å². The topological polar surface area (TPSA) is 79.3 Å². The zero-order valence-electron chi connectivity index (χ0n) is 13.7. The Bertz CT molecular complexity index is 813. The summed E-state index contributed by atoms with van der Waals surface area (Å²) in [4.78, 5) is 4.33. The average molecular weight is 346 g/mol. The minimum absolute atomic E-state index is 0.180. The Morgan fingerprint density at radius 3 is 2.58 bits per heavy atom. The molecule has 24 heavy (non-hydrogen) atoms. The zero-order valence-corrected chi connectivity index (χ0v) is 14.5. The quantitative estimate of drug-likeness (QED) is 0.872. The van der Waals surface area contributed by atoms with E-state index in [1.54, 1.807) is 30.6 Å². The molecule has 1 aromatic heterocycles. The summed E-state index contributed by atoms with van der Waals surface area (Å²) in [5.41, 5.74) is 1.55. The molecule has 1 heterocycles. The monoisotopic (exact) mass is 346 g/mol. The van der Waals surface area contributed by atoms with Crippen molar-refractivity contribution < 1.29 is 13.5 Å². The van der Waals surface area contributed by atoms with Gasteiger partial charge in [-0.1, -0.05) is 31.0 Å². The van der Waals surface area contributed by atoms with Crippen molar-refractivity contribution in [1.29, 1.82) is 0 Å². The lowest BCUT2D eigenvalue weighted by Gasteiger charge is -2.28. The number of pyridine rings is 1. The van der Waals surface area contributed by atoms with Gasteiger partial charge in [0.2, 0.25) is 10.0 Å². The second-order valence-corrected chi connectivity index (χ2v) is 8.09. The number of aryl methyl sites for hydroxylation is 1. The van der Waals surface area contributed by atoms with Crippen molar-refractivity contribution in [3.63, 3.8) is 0 Å². The van der Waals surface area contributed by atoms with Crippen LogP contribution in [0.2, 0.25) is 0 Å². The van der Waals surface area contributed by atoms with Gasteiger partial charge in [0.15, 0.2) is 0 Å². The molecule has 1 aromatic carbocycles. The molecule has 128 valence electrons. The van der Waals surface area contributed by atoms with Gasteiger partial charge in [0, 0.05) is 23.5 Å². The Morgan fingerprint density at radius 1 is 1.21 bits per heavy atom. The fourth-order valence-corrected chi connectivity index (χ4v) is 5.18. The van der Waals surface area contributed by atoms with Crippen LogP contribution in [0.15, 0.2) is 47.6 Å². The molecule has 2 aromatic rings. The third kappa shape index (κ3) is 3.22. The number of aliphatic hydroxyl groups is 1. The van der Waals surface area contributed by atoms with Crippen molar-refractivity contribution in [3.05, 3.63) is 48.3 Å². The molecule has 1 aliphatic carbocycles. The molecule has 5 nitrogen and oxygen atoms in total. The third-order valence-electron chi connectivity index (χ3n) is 4.69. The first-order valence-electron chi connectivity index (χ1n) is 8.12. The van der Waals surface area contributed by atoms with Crippen molar-refractivity contribution in [1.82, 2.24) is 9.71 Å². The molecular formula is C18H22N2O3S. The number of hydrogen-bond donors (Lipinski definition) is 2. The number of hydrogen-bond acceptors (Lipinski definition) is 4. The summed E-state index contributed by atoms with van der Waals surface area (Å²) in [6.45, 7) is 1.71. The van der Waals surface area contributed by atoms with Crippen molar-refractivity contribution >= 4 is 10.0 Å². The van der Waals surface area contributed by atoms with Crippen molar-refractivity contribution in [3.8, 4) is 11.1 Å². The van der Waals surface area contributed by atoms with Gasteiger partial charge in [0.25, 0.3) is 0 Å². The van der Waals surface area contributed by atoms with Crippen LogP contribution in [0.25, 0.3) is 11.1 Å². The molecule has 1 saturated carbocycles.